The van der Waals surface area contributed by atoms with Gasteiger partial charge < -0.3 is 20.5 Å². The summed E-state index contributed by atoms with van der Waals surface area (Å²) in [6, 6.07) is 11.5. The first-order valence-electron chi connectivity index (χ1n) is 11.4. The molecular formula is C26H26N6O3. The Morgan fingerprint density at radius 1 is 1.14 bits per heavy atom. The van der Waals surface area contributed by atoms with Crippen LogP contribution in [0.4, 0.5) is 6.01 Å². The van der Waals surface area contributed by atoms with E-state index >= 15 is 0 Å². The van der Waals surface area contributed by atoms with E-state index in [1.54, 1.807) is 6.07 Å². The molecule has 178 valence electrons. The molecule has 0 spiro atoms. The number of hydrogen-bond donors (Lipinski definition) is 3. The number of carbonyl (C=O) groups is 1. The second-order valence-electron chi connectivity index (χ2n) is 9.02. The molecule has 3 heterocycles. The molecule has 0 saturated carbocycles. The smallest absolute Gasteiger partial charge is 0.292 e. The van der Waals surface area contributed by atoms with Gasteiger partial charge in [0.25, 0.3) is 17.5 Å². The zero-order valence-electron chi connectivity index (χ0n) is 20.0. The summed E-state index contributed by atoms with van der Waals surface area (Å²) in [7, 11) is 0. The van der Waals surface area contributed by atoms with Crippen LogP contribution in [0, 0.1) is 13.8 Å². The molecule has 0 fully saturated rings. The predicted octanol–water partition coefficient (Wildman–Crippen LogP) is 4.24. The number of nitrogens with two attached hydrogens (primary N) is 1. The molecule has 0 aliphatic heterocycles. The van der Waals surface area contributed by atoms with Crippen LogP contribution in [0.2, 0.25) is 0 Å². The maximum atomic E-state index is 13.4. The molecule has 3 aromatic heterocycles. The highest BCUT2D eigenvalue weighted by Gasteiger charge is 2.18. The van der Waals surface area contributed by atoms with E-state index in [0.717, 1.165) is 27.8 Å². The van der Waals surface area contributed by atoms with E-state index in [1.807, 2.05) is 68.9 Å². The summed E-state index contributed by atoms with van der Waals surface area (Å²) < 4.78 is 7.21. The van der Waals surface area contributed by atoms with Gasteiger partial charge in [0.05, 0.1) is 11.1 Å². The summed E-state index contributed by atoms with van der Waals surface area (Å²) in [4.78, 5) is 32.8. The molecular weight excluding hydrogens is 444 g/mol. The van der Waals surface area contributed by atoms with Crippen molar-refractivity contribution >= 4 is 33.9 Å². The fourth-order valence-corrected chi connectivity index (χ4v) is 4.25. The number of benzene rings is 2. The first kappa shape index (κ1) is 22.4. The van der Waals surface area contributed by atoms with Gasteiger partial charge in [-0.05, 0) is 74.7 Å². The average Bonchev–Trinajstić information content (AvgIpc) is 3.39. The molecule has 0 unspecified atom stereocenters. The number of aromatic amines is 1. The topological polar surface area (TPSA) is 132 Å². The molecule has 5 rings (SSSR count). The van der Waals surface area contributed by atoms with E-state index in [0.29, 0.717) is 27.7 Å². The van der Waals surface area contributed by atoms with Gasteiger partial charge in [0.15, 0.2) is 5.58 Å². The second kappa shape index (κ2) is 8.43. The maximum absolute atomic E-state index is 13.4. The van der Waals surface area contributed by atoms with Gasteiger partial charge >= 0.3 is 0 Å². The van der Waals surface area contributed by atoms with Crippen molar-refractivity contribution < 1.29 is 9.21 Å². The van der Waals surface area contributed by atoms with Crippen LogP contribution in [0.25, 0.3) is 33.1 Å². The number of hydrogen-bond acceptors (Lipinski definition) is 6. The summed E-state index contributed by atoms with van der Waals surface area (Å²) in [5, 5.41) is 8.35. The lowest BCUT2D eigenvalue weighted by Crippen LogP contribution is -2.28. The molecule has 0 aliphatic carbocycles. The summed E-state index contributed by atoms with van der Waals surface area (Å²) in [6.45, 7) is 7.87. The van der Waals surface area contributed by atoms with Crippen molar-refractivity contribution in [2.24, 2.45) is 0 Å². The fraction of sp³-hybridized carbons (Fsp3) is 0.231. The minimum atomic E-state index is -0.286. The highest BCUT2D eigenvalue weighted by molar-refractivity contribution is 6.08. The normalized spacial score (nSPS) is 11.6. The van der Waals surface area contributed by atoms with Crippen molar-refractivity contribution in [2.45, 2.75) is 40.3 Å². The Labute approximate surface area is 201 Å². The second-order valence-corrected chi connectivity index (χ2v) is 9.02. The largest absolute Gasteiger partial charge is 0.424 e. The van der Waals surface area contributed by atoms with Gasteiger partial charge in [0, 0.05) is 35.4 Å². The SMILES string of the molecule is Cc1cc(C)c(CNC(=O)c2cc(-c3ccc4oc(N)nc4c3)cc3nn(C(C)C)cc23)c(=O)[nH]1. The number of oxazole rings is 1. The molecule has 0 saturated heterocycles. The molecule has 0 aliphatic rings. The van der Waals surface area contributed by atoms with Gasteiger partial charge in [-0.25, -0.2) is 0 Å². The fourth-order valence-electron chi connectivity index (χ4n) is 4.25. The quantitative estimate of drug-likeness (QED) is 0.352. The van der Waals surface area contributed by atoms with Crippen LogP contribution < -0.4 is 16.6 Å². The number of amides is 1. The number of nitrogens with one attached hydrogen (secondary N) is 2. The van der Waals surface area contributed by atoms with Gasteiger partial charge in [-0.15, -0.1) is 0 Å². The zero-order valence-corrected chi connectivity index (χ0v) is 20.0. The van der Waals surface area contributed by atoms with E-state index in [1.165, 1.54) is 0 Å². The van der Waals surface area contributed by atoms with Crippen LogP contribution in [0.3, 0.4) is 0 Å². The number of rotatable bonds is 5. The molecule has 0 bridgehead atoms. The van der Waals surface area contributed by atoms with E-state index < -0.39 is 0 Å². The van der Waals surface area contributed by atoms with Crippen molar-refractivity contribution in [1.29, 1.82) is 0 Å². The van der Waals surface area contributed by atoms with Crippen molar-refractivity contribution in [1.82, 2.24) is 25.1 Å². The molecule has 1 amide bonds. The first-order valence-corrected chi connectivity index (χ1v) is 11.4. The molecule has 35 heavy (non-hydrogen) atoms. The van der Waals surface area contributed by atoms with Gasteiger partial charge in [-0.2, -0.15) is 10.1 Å². The minimum absolute atomic E-state index is 0.102. The number of carbonyl (C=O) groups excluding carboxylic acids is 1. The van der Waals surface area contributed by atoms with E-state index in [9.17, 15) is 9.59 Å². The van der Waals surface area contributed by atoms with Crippen LogP contribution in [-0.2, 0) is 6.54 Å². The number of fused-ring (bicyclic) bond motifs is 2. The van der Waals surface area contributed by atoms with Crippen molar-refractivity contribution in [3.63, 3.8) is 0 Å². The number of pyridine rings is 1. The monoisotopic (exact) mass is 470 g/mol. The number of anilines is 1. The van der Waals surface area contributed by atoms with Crippen LogP contribution >= 0.6 is 0 Å². The maximum Gasteiger partial charge on any atom is 0.292 e. The number of nitrogens with zero attached hydrogens (tertiary/aromatic N) is 3. The van der Waals surface area contributed by atoms with E-state index in [-0.39, 0.29) is 30.1 Å². The molecule has 0 radical (unpaired) electrons. The van der Waals surface area contributed by atoms with Gasteiger partial charge in [-0.3, -0.25) is 14.3 Å². The third-order valence-electron chi connectivity index (χ3n) is 6.07. The Balaban J connectivity index is 1.57. The van der Waals surface area contributed by atoms with Gasteiger partial charge in [0.1, 0.15) is 5.52 Å². The Morgan fingerprint density at radius 2 is 1.91 bits per heavy atom. The van der Waals surface area contributed by atoms with Crippen LogP contribution in [0.15, 0.2) is 51.8 Å². The average molecular weight is 471 g/mol. The molecule has 5 aromatic rings. The van der Waals surface area contributed by atoms with E-state index in [2.05, 4.69) is 15.3 Å². The summed E-state index contributed by atoms with van der Waals surface area (Å²) >= 11 is 0. The molecule has 0 atom stereocenters. The standard InChI is InChI=1S/C26H26N6O3/c1-13(2)32-12-20-18(24(33)28-11-19-14(3)7-15(4)29-25(19)34)8-17(10-21(20)31-32)16-5-6-23-22(9-16)30-26(27)35-23/h5-10,12-13H,11H2,1-4H3,(H2,27,30)(H,28,33)(H,29,34). The van der Waals surface area contributed by atoms with E-state index in [4.69, 9.17) is 15.2 Å². The van der Waals surface area contributed by atoms with Crippen LogP contribution in [0.1, 0.15) is 47.1 Å². The number of aromatic nitrogens is 4. The van der Waals surface area contributed by atoms with Gasteiger partial charge in [0.2, 0.25) is 0 Å². The lowest BCUT2D eigenvalue weighted by Gasteiger charge is -2.10. The third kappa shape index (κ3) is 4.16. The Morgan fingerprint density at radius 3 is 2.66 bits per heavy atom. The van der Waals surface area contributed by atoms with Crippen LogP contribution in [0.5, 0.6) is 0 Å². The Hall–Kier alpha value is -4.40. The lowest BCUT2D eigenvalue weighted by atomic mass is 9.99. The predicted molar refractivity (Wildman–Crippen MR) is 135 cm³/mol. The zero-order chi connectivity index (χ0) is 24.9. The van der Waals surface area contributed by atoms with Crippen molar-refractivity contribution in [3.8, 4) is 11.1 Å². The third-order valence-corrected chi connectivity index (χ3v) is 6.07. The number of nitrogen functional groups attached to an aromatic ring is 1. The number of H-pyrrole nitrogens is 1. The highest BCUT2D eigenvalue weighted by atomic mass is 16.4. The molecule has 9 heteroatoms. The summed E-state index contributed by atoms with van der Waals surface area (Å²) in [6.07, 6.45) is 1.88. The Bertz CT molecular complexity index is 1660. The molecule has 9 nitrogen and oxygen atoms in total. The van der Waals surface area contributed by atoms with Crippen molar-refractivity contribution in [3.05, 3.63) is 75.3 Å². The Kier molecular flexibility index (Phi) is 5.39. The van der Waals surface area contributed by atoms with Gasteiger partial charge in [-0.1, -0.05) is 6.07 Å². The minimum Gasteiger partial charge on any atom is -0.424 e. The van der Waals surface area contributed by atoms with Crippen LogP contribution in [-0.4, -0.2) is 25.7 Å². The molecule has 2 aromatic carbocycles. The highest BCUT2D eigenvalue weighted by Crippen LogP contribution is 2.30. The first-order chi connectivity index (χ1) is 16.7. The summed E-state index contributed by atoms with van der Waals surface area (Å²) in [5.41, 5.74) is 11.7. The lowest BCUT2D eigenvalue weighted by molar-refractivity contribution is 0.0952. The number of aryl methyl sites for hydroxylation is 2. The molecule has 4 N–H and O–H groups in total. The summed E-state index contributed by atoms with van der Waals surface area (Å²) in [5.74, 6) is -0.286. The van der Waals surface area contributed by atoms with Crippen molar-refractivity contribution in [2.75, 3.05) is 5.73 Å².